The number of nitrogens with zero attached hydrogens (tertiary/aromatic N) is 1. The van der Waals surface area contributed by atoms with Crippen molar-refractivity contribution in [2.24, 2.45) is 0 Å². The van der Waals surface area contributed by atoms with Crippen molar-refractivity contribution in [1.29, 1.82) is 0 Å². The molecule has 0 amide bonds. The number of carboxylic acids is 1. The molecule has 1 atom stereocenters. The molecule has 0 aromatic rings. The number of morpholine rings is 1. The van der Waals surface area contributed by atoms with Crippen LogP contribution in [-0.2, 0) is 14.3 Å². The lowest BCUT2D eigenvalue weighted by Gasteiger charge is -2.47. The standard InChI is InChI=1S/C11H19NO4/c1-9-8-16-7-4-12(9)11(10(13)14)2-5-15-6-3-11/h9H,2-8H2,1H3,(H,13,14). The predicted octanol–water partition coefficient (Wildman–Crippen LogP) is 0.341. The molecule has 0 aromatic heterocycles. The average Bonchev–Trinajstić information content (AvgIpc) is 2.30. The first kappa shape index (κ1) is 11.8. The van der Waals surface area contributed by atoms with E-state index in [4.69, 9.17) is 9.47 Å². The van der Waals surface area contributed by atoms with Crippen molar-refractivity contribution in [3.8, 4) is 0 Å². The summed E-state index contributed by atoms with van der Waals surface area (Å²) in [4.78, 5) is 13.7. The van der Waals surface area contributed by atoms with Crippen molar-refractivity contribution < 1.29 is 19.4 Å². The second-order valence-electron chi connectivity index (χ2n) is 4.57. The fraction of sp³-hybridized carbons (Fsp3) is 0.909. The lowest BCUT2D eigenvalue weighted by molar-refractivity contribution is -0.168. The Kier molecular flexibility index (Phi) is 3.47. The van der Waals surface area contributed by atoms with Crippen molar-refractivity contribution >= 4 is 5.97 Å². The van der Waals surface area contributed by atoms with Crippen molar-refractivity contribution in [2.75, 3.05) is 33.0 Å². The molecule has 2 saturated heterocycles. The van der Waals surface area contributed by atoms with Gasteiger partial charge in [0.15, 0.2) is 0 Å². The molecule has 2 aliphatic heterocycles. The summed E-state index contributed by atoms with van der Waals surface area (Å²) in [5.74, 6) is -0.718. The van der Waals surface area contributed by atoms with Gasteiger partial charge < -0.3 is 14.6 Å². The normalized spacial score (nSPS) is 31.2. The molecule has 16 heavy (non-hydrogen) atoms. The zero-order chi connectivity index (χ0) is 11.6. The molecule has 0 spiro atoms. The van der Waals surface area contributed by atoms with Gasteiger partial charge in [0.2, 0.25) is 0 Å². The predicted molar refractivity (Wildman–Crippen MR) is 57.4 cm³/mol. The van der Waals surface area contributed by atoms with Crippen molar-refractivity contribution in [3.63, 3.8) is 0 Å². The van der Waals surface area contributed by atoms with Crippen LogP contribution >= 0.6 is 0 Å². The van der Waals surface area contributed by atoms with Crippen LogP contribution < -0.4 is 0 Å². The van der Waals surface area contributed by atoms with Gasteiger partial charge in [-0.05, 0) is 19.8 Å². The molecule has 2 rings (SSSR count). The van der Waals surface area contributed by atoms with Gasteiger partial charge >= 0.3 is 5.97 Å². The van der Waals surface area contributed by atoms with Gasteiger partial charge in [0.05, 0.1) is 13.2 Å². The Morgan fingerprint density at radius 2 is 2.00 bits per heavy atom. The van der Waals surface area contributed by atoms with Crippen LogP contribution in [0.15, 0.2) is 0 Å². The summed E-state index contributed by atoms with van der Waals surface area (Å²) in [7, 11) is 0. The molecule has 1 unspecified atom stereocenters. The Labute approximate surface area is 95.3 Å². The quantitative estimate of drug-likeness (QED) is 0.740. The maximum absolute atomic E-state index is 11.6. The third kappa shape index (κ3) is 1.95. The van der Waals surface area contributed by atoms with Gasteiger partial charge in [-0.15, -0.1) is 0 Å². The largest absolute Gasteiger partial charge is 0.480 e. The van der Waals surface area contributed by atoms with E-state index in [-0.39, 0.29) is 6.04 Å². The second kappa shape index (κ2) is 4.69. The van der Waals surface area contributed by atoms with Crippen LogP contribution in [0.2, 0.25) is 0 Å². The van der Waals surface area contributed by atoms with Crippen LogP contribution in [0.4, 0.5) is 0 Å². The summed E-state index contributed by atoms with van der Waals surface area (Å²) in [6, 6.07) is 0.169. The van der Waals surface area contributed by atoms with E-state index in [0.717, 1.165) is 0 Å². The maximum Gasteiger partial charge on any atom is 0.324 e. The molecule has 0 saturated carbocycles. The minimum Gasteiger partial charge on any atom is -0.480 e. The first-order valence-electron chi connectivity index (χ1n) is 5.82. The Morgan fingerprint density at radius 1 is 1.31 bits per heavy atom. The van der Waals surface area contributed by atoms with Crippen LogP contribution in [0.25, 0.3) is 0 Å². The summed E-state index contributed by atoms with van der Waals surface area (Å²) >= 11 is 0. The highest BCUT2D eigenvalue weighted by atomic mass is 16.5. The molecule has 0 bridgehead atoms. The zero-order valence-electron chi connectivity index (χ0n) is 9.65. The van der Waals surface area contributed by atoms with E-state index in [2.05, 4.69) is 4.90 Å². The molecule has 2 aliphatic rings. The van der Waals surface area contributed by atoms with Gasteiger partial charge in [-0.3, -0.25) is 9.69 Å². The van der Waals surface area contributed by atoms with Crippen LogP contribution in [0.5, 0.6) is 0 Å². The summed E-state index contributed by atoms with van der Waals surface area (Å²) in [5, 5.41) is 9.52. The third-order valence-electron chi connectivity index (χ3n) is 3.64. The topological polar surface area (TPSA) is 59.0 Å². The SMILES string of the molecule is CC1COCCN1C1(C(=O)O)CCOCC1. The molecule has 92 valence electrons. The molecule has 5 heteroatoms. The molecular weight excluding hydrogens is 210 g/mol. The van der Waals surface area contributed by atoms with Crippen LogP contribution in [0, 0.1) is 0 Å². The van der Waals surface area contributed by atoms with E-state index in [9.17, 15) is 9.90 Å². The lowest BCUT2D eigenvalue weighted by Crippen LogP contribution is -2.63. The second-order valence-corrected chi connectivity index (χ2v) is 4.57. The van der Waals surface area contributed by atoms with Crippen LogP contribution in [0.3, 0.4) is 0 Å². The summed E-state index contributed by atoms with van der Waals surface area (Å²) < 4.78 is 10.6. The summed E-state index contributed by atoms with van der Waals surface area (Å²) in [5.41, 5.74) is -0.735. The van der Waals surface area contributed by atoms with E-state index < -0.39 is 11.5 Å². The van der Waals surface area contributed by atoms with E-state index in [0.29, 0.717) is 45.8 Å². The number of ether oxygens (including phenoxy) is 2. The molecule has 0 aliphatic carbocycles. The maximum atomic E-state index is 11.6. The molecular formula is C11H19NO4. The number of hydrogen-bond donors (Lipinski definition) is 1. The fourth-order valence-electron chi connectivity index (χ4n) is 2.70. The summed E-state index contributed by atoms with van der Waals surface area (Å²) in [6.45, 7) is 5.05. The van der Waals surface area contributed by atoms with E-state index in [1.807, 2.05) is 6.92 Å². The molecule has 2 heterocycles. The van der Waals surface area contributed by atoms with Crippen molar-refractivity contribution in [2.45, 2.75) is 31.3 Å². The van der Waals surface area contributed by atoms with E-state index in [1.165, 1.54) is 0 Å². The van der Waals surface area contributed by atoms with Gasteiger partial charge in [0.1, 0.15) is 5.54 Å². The minimum atomic E-state index is -0.735. The monoisotopic (exact) mass is 229 g/mol. The van der Waals surface area contributed by atoms with E-state index in [1.54, 1.807) is 0 Å². The number of aliphatic carboxylic acids is 1. The third-order valence-corrected chi connectivity index (χ3v) is 3.64. The molecule has 2 fully saturated rings. The van der Waals surface area contributed by atoms with Crippen LogP contribution in [0.1, 0.15) is 19.8 Å². The number of rotatable bonds is 2. The number of carbonyl (C=O) groups is 1. The van der Waals surface area contributed by atoms with Gasteiger partial charge in [-0.25, -0.2) is 0 Å². The van der Waals surface area contributed by atoms with Crippen molar-refractivity contribution in [3.05, 3.63) is 0 Å². The highest BCUT2D eigenvalue weighted by Gasteiger charge is 2.47. The fourth-order valence-corrected chi connectivity index (χ4v) is 2.70. The van der Waals surface area contributed by atoms with Gasteiger partial charge in [0, 0.05) is 25.8 Å². The Balaban J connectivity index is 2.19. The Hall–Kier alpha value is -0.650. The van der Waals surface area contributed by atoms with Gasteiger partial charge in [0.25, 0.3) is 0 Å². The summed E-state index contributed by atoms with van der Waals surface area (Å²) in [6.07, 6.45) is 1.15. The molecule has 1 N–H and O–H groups in total. The van der Waals surface area contributed by atoms with Crippen molar-refractivity contribution in [1.82, 2.24) is 4.90 Å². The molecule has 0 radical (unpaired) electrons. The minimum absolute atomic E-state index is 0.169. The molecule has 0 aromatic carbocycles. The number of hydrogen-bond acceptors (Lipinski definition) is 4. The number of carboxylic acid groups (broad SMARTS) is 1. The average molecular weight is 229 g/mol. The van der Waals surface area contributed by atoms with Gasteiger partial charge in [-0.2, -0.15) is 0 Å². The zero-order valence-corrected chi connectivity index (χ0v) is 9.65. The highest BCUT2D eigenvalue weighted by Crippen LogP contribution is 2.31. The van der Waals surface area contributed by atoms with Crippen LogP contribution in [-0.4, -0.2) is 60.5 Å². The highest BCUT2D eigenvalue weighted by molar-refractivity contribution is 5.79. The molecule has 5 nitrogen and oxygen atoms in total. The van der Waals surface area contributed by atoms with E-state index >= 15 is 0 Å². The lowest BCUT2D eigenvalue weighted by atomic mass is 9.86. The first-order chi connectivity index (χ1) is 7.67. The Morgan fingerprint density at radius 3 is 2.56 bits per heavy atom. The Bertz CT molecular complexity index is 263. The van der Waals surface area contributed by atoms with Gasteiger partial charge in [-0.1, -0.05) is 0 Å². The first-order valence-corrected chi connectivity index (χ1v) is 5.82. The smallest absolute Gasteiger partial charge is 0.324 e.